The maximum Gasteiger partial charge on any atom is 0.311 e. The van der Waals surface area contributed by atoms with Crippen LogP contribution in [0.25, 0.3) is 0 Å². The third kappa shape index (κ3) is 3.72. The number of benzene rings is 1. The van der Waals surface area contributed by atoms with Crippen molar-refractivity contribution < 1.29 is 15.0 Å². The van der Waals surface area contributed by atoms with Crippen molar-refractivity contribution >= 4 is 5.97 Å². The Kier molecular flexibility index (Phi) is 3.48. The normalized spacial score (nSPS) is 13.5. The second-order valence-corrected chi connectivity index (χ2v) is 4.32. The summed E-state index contributed by atoms with van der Waals surface area (Å²) in [5.41, 5.74) is -0.244. The SMILES string of the molecule is CC(C)(O)CC(C(=O)O)c1ccccc1. The monoisotopic (exact) mass is 208 g/mol. The van der Waals surface area contributed by atoms with E-state index in [1.807, 2.05) is 6.07 Å². The van der Waals surface area contributed by atoms with Crippen LogP contribution in [0.15, 0.2) is 30.3 Å². The molecular formula is C12H16O3. The summed E-state index contributed by atoms with van der Waals surface area (Å²) in [4.78, 5) is 11.1. The van der Waals surface area contributed by atoms with E-state index in [0.29, 0.717) is 0 Å². The van der Waals surface area contributed by atoms with Crippen molar-refractivity contribution in [3.63, 3.8) is 0 Å². The van der Waals surface area contributed by atoms with Gasteiger partial charge in [-0.1, -0.05) is 30.3 Å². The molecule has 0 fully saturated rings. The van der Waals surface area contributed by atoms with Crippen LogP contribution in [0.3, 0.4) is 0 Å². The fourth-order valence-electron chi connectivity index (χ4n) is 1.53. The summed E-state index contributed by atoms with van der Waals surface area (Å²) in [7, 11) is 0. The minimum atomic E-state index is -0.973. The second-order valence-electron chi connectivity index (χ2n) is 4.32. The number of rotatable bonds is 4. The Hall–Kier alpha value is -1.35. The first-order chi connectivity index (χ1) is 6.90. The lowest BCUT2D eigenvalue weighted by molar-refractivity contribution is -0.140. The summed E-state index contributed by atoms with van der Waals surface area (Å²) in [5, 5.41) is 18.7. The van der Waals surface area contributed by atoms with Gasteiger partial charge in [-0.15, -0.1) is 0 Å². The highest BCUT2D eigenvalue weighted by atomic mass is 16.4. The van der Waals surface area contributed by atoms with Gasteiger partial charge in [0.25, 0.3) is 0 Å². The Morgan fingerprint density at radius 3 is 2.27 bits per heavy atom. The molecule has 0 aliphatic carbocycles. The molecule has 0 saturated heterocycles. The number of hydrogen-bond donors (Lipinski definition) is 2. The predicted molar refractivity (Wildman–Crippen MR) is 57.7 cm³/mol. The molecule has 0 aliphatic rings. The molecule has 1 unspecified atom stereocenters. The topological polar surface area (TPSA) is 57.5 Å². The zero-order valence-corrected chi connectivity index (χ0v) is 8.97. The van der Waals surface area contributed by atoms with Crippen LogP contribution in [0.4, 0.5) is 0 Å². The molecule has 0 aliphatic heterocycles. The lowest BCUT2D eigenvalue weighted by Gasteiger charge is -2.22. The fourth-order valence-corrected chi connectivity index (χ4v) is 1.53. The largest absolute Gasteiger partial charge is 0.481 e. The number of aliphatic carboxylic acids is 1. The van der Waals surface area contributed by atoms with E-state index in [2.05, 4.69) is 0 Å². The molecule has 0 bridgehead atoms. The highest BCUT2D eigenvalue weighted by Crippen LogP contribution is 2.25. The van der Waals surface area contributed by atoms with Crippen LogP contribution in [0.1, 0.15) is 31.7 Å². The number of aliphatic hydroxyl groups is 1. The van der Waals surface area contributed by atoms with Crippen molar-refractivity contribution in [3.8, 4) is 0 Å². The van der Waals surface area contributed by atoms with Gasteiger partial charge < -0.3 is 10.2 Å². The first-order valence-corrected chi connectivity index (χ1v) is 4.90. The van der Waals surface area contributed by atoms with Crippen molar-refractivity contribution in [1.82, 2.24) is 0 Å². The third-order valence-electron chi connectivity index (χ3n) is 2.20. The first-order valence-electron chi connectivity index (χ1n) is 4.90. The van der Waals surface area contributed by atoms with Crippen molar-refractivity contribution in [3.05, 3.63) is 35.9 Å². The molecule has 1 rings (SSSR count). The zero-order chi connectivity index (χ0) is 11.5. The lowest BCUT2D eigenvalue weighted by Crippen LogP contribution is -2.26. The Morgan fingerprint density at radius 2 is 1.87 bits per heavy atom. The van der Waals surface area contributed by atoms with Gasteiger partial charge in [0, 0.05) is 0 Å². The zero-order valence-electron chi connectivity index (χ0n) is 8.97. The van der Waals surface area contributed by atoms with Gasteiger partial charge in [-0.05, 0) is 25.8 Å². The average Bonchev–Trinajstić information content (AvgIpc) is 2.14. The van der Waals surface area contributed by atoms with Gasteiger partial charge in [0.1, 0.15) is 0 Å². The molecule has 82 valence electrons. The molecular weight excluding hydrogens is 192 g/mol. The van der Waals surface area contributed by atoms with E-state index in [9.17, 15) is 9.90 Å². The van der Waals surface area contributed by atoms with Crippen LogP contribution in [0, 0.1) is 0 Å². The van der Waals surface area contributed by atoms with Gasteiger partial charge in [-0.2, -0.15) is 0 Å². The summed E-state index contributed by atoms with van der Waals surface area (Å²) in [6.07, 6.45) is 0.215. The van der Waals surface area contributed by atoms with E-state index < -0.39 is 17.5 Å². The number of carboxylic acids is 1. The summed E-state index contributed by atoms with van der Waals surface area (Å²) < 4.78 is 0. The summed E-state index contributed by atoms with van der Waals surface area (Å²) in [6.45, 7) is 3.23. The van der Waals surface area contributed by atoms with E-state index >= 15 is 0 Å². The van der Waals surface area contributed by atoms with Crippen LogP contribution < -0.4 is 0 Å². The van der Waals surface area contributed by atoms with Gasteiger partial charge in [0.15, 0.2) is 0 Å². The minimum Gasteiger partial charge on any atom is -0.481 e. The molecule has 3 nitrogen and oxygen atoms in total. The Bertz CT molecular complexity index is 324. The number of hydrogen-bond acceptors (Lipinski definition) is 2. The average molecular weight is 208 g/mol. The molecule has 0 heterocycles. The summed E-state index contributed by atoms with van der Waals surface area (Å²) in [6, 6.07) is 8.98. The van der Waals surface area contributed by atoms with Crippen molar-refractivity contribution in [2.24, 2.45) is 0 Å². The highest BCUT2D eigenvalue weighted by molar-refractivity contribution is 5.76. The maximum atomic E-state index is 11.1. The van der Waals surface area contributed by atoms with E-state index in [-0.39, 0.29) is 6.42 Å². The van der Waals surface area contributed by atoms with E-state index in [0.717, 1.165) is 5.56 Å². The van der Waals surface area contributed by atoms with E-state index in [4.69, 9.17) is 5.11 Å². The van der Waals surface area contributed by atoms with Gasteiger partial charge in [-0.3, -0.25) is 4.79 Å². The highest BCUT2D eigenvalue weighted by Gasteiger charge is 2.26. The quantitative estimate of drug-likeness (QED) is 0.795. The molecule has 2 N–H and O–H groups in total. The van der Waals surface area contributed by atoms with E-state index in [1.165, 1.54) is 0 Å². The molecule has 1 aromatic carbocycles. The molecule has 0 amide bonds. The second kappa shape index (κ2) is 4.45. The molecule has 15 heavy (non-hydrogen) atoms. The Morgan fingerprint density at radius 1 is 1.33 bits per heavy atom. The van der Waals surface area contributed by atoms with Crippen LogP contribution in [0.2, 0.25) is 0 Å². The van der Waals surface area contributed by atoms with Crippen LogP contribution in [0.5, 0.6) is 0 Å². The standard InChI is InChI=1S/C12H16O3/c1-12(2,15)8-10(11(13)14)9-6-4-3-5-7-9/h3-7,10,15H,8H2,1-2H3,(H,13,14). The molecule has 0 aromatic heterocycles. The molecule has 0 spiro atoms. The van der Waals surface area contributed by atoms with Crippen molar-refractivity contribution in [2.45, 2.75) is 31.8 Å². The van der Waals surface area contributed by atoms with Gasteiger partial charge in [0.2, 0.25) is 0 Å². The molecule has 1 atom stereocenters. The van der Waals surface area contributed by atoms with Gasteiger partial charge in [-0.25, -0.2) is 0 Å². The van der Waals surface area contributed by atoms with Gasteiger partial charge in [0.05, 0.1) is 11.5 Å². The minimum absolute atomic E-state index is 0.215. The molecule has 0 radical (unpaired) electrons. The summed E-state index contributed by atoms with van der Waals surface area (Å²) in [5.74, 6) is -1.55. The van der Waals surface area contributed by atoms with Crippen molar-refractivity contribution in [1.29, 1.82) is 0 Å². The molecule has 3 heteroatoms. The lowest BCUT2D eigenvalue weighted by atomic mass is 9.88. The molecule has 0 saturated carbocycles. The summed E-state index contributed by atoms with van der Waals surface area (Å²) >= 11 is 0. The van der Waals surface area contributed by atoms with Crippen molar-refractivity contribution in [2.75, 3.05) is 0 Å². The molecule has 1 aromatic rings. The first kappa shape index (κ1) is 11.7. The Labute approximate surface area is 89.4 Å². The van der Waals surface area contributed by atoms with Crippen LogP contribution in [-0.4, -0.2) is 21.8 Å². The number of carboxylic acid groups (broad SMARTS) is 1. The smallest absolute Gasteiger partial charge is 0.311 e. The van der Waals surface area contributed by atoms with E-state index in [1.54, 1.807) is 38.1 Å². The number of carbonyl (C=O) groups is 1. The van der Waals surface area contributed by atoms with Crippen LogP contribution >= 0.6 is 0 Å². The van der Waals surface area contributed by atoms with Gasteiger partial charge >= 0.3 is 5.97 Å². The Balaban J connectivity index is 2.90. The predicted octanol–water partition coefficient (Wildman–Crippen LogP) is 2.02. The maximum absolute atomic E-state index is 11.1. The fraction of sp³-hybridized carbons (Fsp3) is 0.417. The third-order valence-corrected chi connectivity index (χ3v) is 2.20. The van der Waals surface area contributed by atoms with Crippen LogP contribution in [-0.2, 0) is 4.79 Å².